The first-order valence-corrected chi connectivity index (χ1v) is 5.11. The van der Waals surface area contributed by atoms with E-state index < -0.39 is 23.6 Å². The van der Waals surface area contributed by atoms with Gasteiger partial charge in [0, 0.05) is 6.07 Å². The summed E-state index contributed by atoms with van der Waals surface area (Å²) in [6.45, 7) is 3.55. The Bertz CT molecular complexity index is 410. The average Bonchev–Trinajstić information content (AvgIpc) is 2.26. The number of carbonyl (C=O) groups is 1. The van der Waals surface area contributed by atoms with Gasteiger partial charge in [-0.15, -0.1) is 0 Å². The van der Waals surface area contributed by atoms with Gasteiger partial charge in [-0.2, -0.15) is 0 Å². The van der Waals surface area contributed by atoms with E-state index in [0.717, 1.165) is 6.20 Å². The van der Waals surface area contributed by atoms with Gasteiger partial charge in [0.05, 0.1) is 13.3 Å². The fraction of sp³-hybridized carbons (Fsp3) is 0.455. The Labute approximate surface area is 98.0 Å². The molecule has 0 bridgehead atoms. The molecule has 0 saturated carbocycles. The van der Waals surface area contributed by atoms with Crippen LogP contribution < -0.4 is 5.32 Å². The van der Waals surface area contributed by atoms with Gasteiger partial charge in [0.2, 0.25) is 0 Å². The number of nitrogens with one attached hydrogen (secondary N) is 1. The second kappa shape index (κ2) is 5.56. The minimum absolute atomic E-state index is 0.117. The number of halogens is 2. The minimum atomic E-state index is -0.848. The molecule has 17 heavy (non-hydrogen) atoms. The van der Waals surface area contributed by atoms with E-state index in [-0.39, 0.29) is 11.7 Å². The molecule has 0 aliphatic carbocycles. The van der Waals surface area contributed by atoms with Crippen LogP contribution in [0, 0.1) is 17.6 Å². The van der Waals surface area contributed by atoms with E-state index in [1.54, 1.807) is 13.8 Å². The molecule has 0 saturated heterocycles. The molecule has 0 aliphatic rings. The molecule has 1 aromatic rings. The number of anilines is 1. The van der Waals surface area contributed by atoms with Crippen LogP contribution in [0.15, 0.2) is 12.3 Å². The van der Waals surface area contributed by atoms with Crippen molar-refractivity contribution in [2.75, 3.05) is 12.4 Å². The Morgan fingerprint density at radius 1 is 1.47 bits per heavy atom. The smallest absolute Gasteiger partial charge is 0.328 e. The van der Waals surface area contributed by atoms with Crippen molar-refractivity contribution in [2.45, 2.75) is 19.9 Å². The molecule has 0 spiro atoms. The van der Waals surface area contributed by atoms with Gasteiger partial charge in [-0.05, 0) is 5.92 Å². The summed E-state index contributed by atoms with van der Waals surface area (Å²) in [5.41, 5.74) is 0. The Morgan fingerprint density at radius 3 is 2.59 bits per heavy atom. The molecule has 94 valence electrons. The average molecular weight is 244 g/mol. The number of aromatic nitrogens is 1. The molecular weight excluding hydrogens is 230 g/mol. The monoisotopic (exact) mass is 244 g/mol. The number of nitrogens with zero attached hydrogens (tertiary/aromatic N) is 1. The van der Waals surface area contributed by atoms with Crippen molar-refractivity contribution in [3.63, 3.8) is 0 Å². The van der Waals surface area contributed by atoms with Crippen LogP contribution >= 0.6 is 0 Å². The zero-order valence-corrected chi connectivity index (χ0v) is 9.83. The minimum Gasteiger partial charge on any atom is -0.467 e. The van der Waals surface area contributed by atoms with E-state index in [9.17, 15) is 13.6 Å². The molecule has 1 atom stereocenters. The van der Waals surface area contributed by atoms with E-state index in [1.807, 2.05) is 0 Å². The summed E-state index contributed by atoms with van der Waals surface area (Å²) in [5.74, 6) is -2.43. The number of methoxy groups -OCH3 is 1. The van der Waals surface area contributed by atoms with Crippen molar-refractivity contribution < 1.29 is 18.3 Å². The molecule has 1 aromatic heterocycles. The molecule has 0 fully saturated rings. The van der Waals surface area contributed by atoms with Gasteiger partial charge >= 0.3 is 5.97 Å². The summed E-state index contributed by atoms with van der Waals surface area (Å²) in [4.78, 5) is 15.0. The summed E-state index contributed by atoms with van der Waals surface area (Å²) >= 11 is 0. The Balaban J connectivity index is 2.90. The highest BCUT2D eigenvalue weighted by Gasteiger charge is 2.24. The van der Waals surface area contributed by atoms with E-state index in [4.69, 9.17) is 0 Å². The molecule has 0 aliphatic heterocycles. The van der Waals surface area contributed by atoms with Crippen LogP contribution in [0.25, 0.3) is 0 Å². The van der Waals surface area contributed by atoms with Crippen molar-refractivity contribution in [3.8, 4) is 0 Å². The summed E-state index contributed by atoms with van der Waals surface area (Å²) in [6.07, 6.45) is 0.875. The first-order chi connectivity index (χ1) is 7.95. The Kier molecular flexibility index (Phi) is 4.37. The largest absolute Gasteiger partial charge is 0.467 e. The highest BCUT2D eigenvalue weighted by molar-refractivity contribution is 5.79. The summed E-state index contributed by atoms with van der Waals surface area (Å²) in [6, 6.07) is -0.0308. The lowest BCUT2D eigenvalue weighted by Gasteiger charge is -2.20. The number of esters is 1. The molecular formula is C11H14F2N2O2. The Morgan fingerprint density at radius 2 is 2.12 bits per heavy atom. The van der Waals surface area contributed by atoms with E-state index in [0.29, 0.717) is 6.07 Å². The SMILES string of the molecule is COC(=O)C(Nc1ncc(F)cc1F)C(C)C. The molecule has 1 unspecified atom stereocenters. The van der Waals surface area contributed by atoms with Crippen LogP contribution in [0.3, 0.4) is 0 Å². The molecule has 1 heterocycles. The van der Waals surface area contributed by atoms with Crippen LogP contribution in [-0.2, 0) is 9.53 Å². The number of pyridine rings is 1. The second-order valence-corrected chi connectivity index (χ2v) is 3.87. The van der Waals surface area contributed by atoms with Gasteiger partial charge in [0.25, 0.3) is 0 Å². The lowest BCUT2D eigenvalue weighted by Crippen LogP contribution is -2.36. The van der Waals surface area contributed by atoms with Crippen molar-refractivity contribution in [3.05, 3.63) is 23.9 Å². The highest BCUT2D eigenvalue weighted by Crippen LogP contribution is 2.15. The number of hydrogen-bond acceptors (Lipinski definition) is 4. The number of carbonyl (C=O) groups excluding carboxylic acids is 1. The van der Waals surface area contributed by atoms with E-state index in [1.165, 1.54) is 7.11 Å². The number of hydrogen-bond donors (Lipinski definition) is 1. The molecule has 4 nitrogen and oxygen atoms in total. The second-order valence-electron chi connectivity index (χ2n) is 3.87. The van der Waals surface area contributed by atoms with Gasteiger partial charge in [0.1, 0.15) is 11.9 Å². The van der Waals surface area contributed by atoms with Gasteiger partial charge in [-0.3, -0.25) is 0 Å². The molecule has 0 amide bonds. The fourth-order valence-corrected chi connectivity index (χ4v) is 1.29. The maximum absolute atomic E-state index is 13.3. The van der Waals surface area contributed by atoms with Gasteiger partial charge in [-0.25, -0.2) is 18.6 Å². The first-order valence-electron chi connectivity index (χ1n) is 5.11. The third kappa shape index (κ3) is 3.37. The van der Waals surface area contributed by atoms with Crippen LogP contribution in [0.1, 0.15) is 13.8 Å². The molecule has 6 heteroatoms. The van der Waals surface area contributed by atoms with Crippen molar-refractivity contribution in [1.82, 2.24) is 4.98 Å². The topological polar surface area (TPSA) is 51.2 Å². The Hall–Kier alpha value is -1.72. The normalized spacial score (nSPS) is 12.4. The van der Waals surface area contributed by atoms with E-state index >= 15 is 0 Å². The van der Waals surface area contributed by atoms with Crippen LogP contribution in [0.4, 0.5) is 14.6 Å². The zero-order chi connectivity index (χ0) is 13.0. The van der Waals surface area contributed by atoms with E-state index in [2.05, 4.69) is 15.0 Å². The number of rotatable bonds is 4. The summed E-state index contributed by atoms with van der Waals surface area (Å²) in [7, 11) is 1.24. The molecule has 1 N–H and O–H groups in total. The molecule has 0 aromatic carbocycles. The summed E-state index contributed by atoms with van der Waals surface area (Å²) in [5, 5.41) is 2.60. The fourth-order valence-electron chi connectivity index (χ4n) is 1.29. The third-order valence-corrected chi connectivity index (χ3v) is 2.22. The van der Waals surface area contributed by atoms with Gasteiger partial charge in [0.15, 0.2) is 11.6 Å². The quantitative estimate of drug-likeness (QED) is 0.823. The lowest BCUT2D eigenvalue weighted by atomic mass is 10.0. The molecule has 0 radical (unpaired) electrons. The van der Waals surface area contributed by atoms with Crippen molar-refractivity contribution in [2.24, 2.45) is 5.92 Å². The van der Waals surface area contributed by atoms with Crippen molar-refractivity contribution in [1.29, 1.82) is 0 Å². The number of ether oxygens (including phenoxy) is 1. The predicted octanol–water partition coefficient (Wildman–Crippen LogP) is 1.97. The highest BCUT2D eigenvalue weighted by atomic mass is 19.1. The third-order valence-electron chi connectivity index (χ3n) is 2.22. The van der Waals surface area contributed by atoms with Crippen LogP contribution in [0.5, 0.6) is 0 Å². The first kappa shape index (κ1) is 13.3. The zero-order valence-electron chi connectivity index (χ0n) is 9.83. The van der Waals surface area contributed by atoms with Crippen molar-refractivity contribution >= 4 is 11.8 Å². The van der Waals surface area contributed by atoms with Gasteiger partial charge in [-0.1, -0.05) is 13.8 Å². The summed E-state index contributed by atoms with van der Waals surface area (Å²) < 4.78 is 30.6. The van der Waals surface area contributed by atoms with Crippen LogP contribution in [-0.4, -0.2) is 24.1 Å². The van der Waals surface area contributed by atoms with Crippen LogP contribution in [0.2, 0.25) is 0 Å². The van der Waals surface area contributed by atoms with Gasteiger partial charge < -0.3 is 10.1 Å². The molecule has 1 rings (SSSR count). The lowest BCUT2D eigenvalue weighted by molar-refractivity contribution is -0.142. The standard InChI is InChI=1S/C11H14F2N2O2/c1-6(2)9(11(16)17-3)15-10-8(13)4-7(12)5-14-10/h4-6,9H,1-3H3,(H,14,15). The maximum atomic E-state index is 13.3. The maximum Gasteiger partial charge on any atom is 0.328 e. The predicted molar refractivity (Wildman–Crippen MR) is 58.4 cm³/mol.